The number of benzene rings is 1. The zero-order chi connectivity index (χ0) is 14.7. The Hall–Kier alpha value is -1.73. The van der Waals surface area contributed by atoms with Crippen LogP contribution >= 0.6 is 15.9 Å². The van der Waals surface area contributed by atoms with E-state index < -0.39 is 0 Å². The highest BCUT2D eigenvalue weighted by Gasteiger charge is 2.14. The van der Waals surface area contributed by atoms with Gasteiger partial charge >= 0.3 is 0 Å². The second-order valence-electron chi connectivity index (χ2n) is 4.54. The van der Waals surface area contributed by atoms with E-state index in [1.54, 1.807) is 12.1 Å². The van der Waals surface area contributed by atoms with Gasteiger partial charge in [0.2, 0.25) is 0 Å². The van der Waals surface area contributed by atoms with Crippen LogP contribution in [-0.4, -0.2) is 9.97 Å². The molecule has 1 heterocycles. The van der Waals surface area contributed by atoms with Gasteiger partial charge in [0.25, 0.3) is 0 Å². The molecule has 0 amide bonds. The zero-order valence-corrected chi connectivity index (χ0v) is 12.7. The molecule has 0 aliphatic heterocycles. The minimum atomic E-state index is -0.313. The molecule has 0 radical (unpaired) electrons. The fourth-order valence-electron chi connectivity index (χ4n) is 1.87. The van der Waals surface area contributed by atoms with Crippen molar-refractivity contribution in [3.05, 3.63) is 40.4 Å². The summed E-state index contributed by atoms with van der Waals surface area (Å²) in [5, 5.41) is 3.15. The van der Waals surface area contributed by atoms with Crippen LogP contribution in [-0.2, 0) is 0 Å². The lowest BCUT2D eigenvalue weighted by Crippen LogP contribution is -2.14. The third kappa shape index (κ3) is 3.05. The number of nitrogens with zero attached hydrogens (tertiary/aromatic N) is 2. The highest BCUT2D eigenvalue weighted by atomic mass is 79.9. The van der Waals surface area contributed by atoms with Crippen LogP contribution in [0.5, 0.6) is 0 Å². The number of nitrogens with two attached hydrogens (primary N) is 1. The quantitative estimate of drug-likeness (QED) is 0.586. The number of hydrogen-bond acceptors (Lipinski definition) is 5. The Morgan fingerprint density at radius 3 is 2.55 bits per heavy atom. The highest BCUT2D eigenvalue weighted by Crippen LogP contribution is 2.30. The van der Waals surface area contributed by atoms with Crippen LogP contribution in [0.15, 0.2) is 29.0 Å². The number of hydrogen-bond donors (Lipinski definition) is 3. The summed E-state index contributed by atoms with van der Waals surface area (Å²) < 4.78 is 13.6. The predicted molar refractivity (Wildman–Crippen MR) is 81.3 cm³/mol. The van der Waals surface area contributed by atoms with E-state index in [-0.39, 0.29) is 11.7 Å². The summed E-state index contributed by atoms with van der Waals surface area (Å²) in [6.07, 6.45) is 1.42. The van der Waals surface area contributed by atoms with Crippen molar-refractivity contribution >= 4 is 33.3 Å². The van der Waals surface area contributed by atoms with Gasteiger partial charge in [-0.2, -0.15) is 0 Å². The standard InChI is InChI=1S/C13H15BrFN5/c1-7(2)11-12(17-6-18-13(11)20-16)19-8-3-4-10(15)9(14)5-8/h3-7H,16H2,1-2H3,(H2,17,18,19,20). The van der Waals surface area contributed by atoms with E-state index >= 15 is 0 Å². The van der Waals surface area contributed by atoms with E-state index in [2.05, 4.69) is 36.6 Å². The first-order valence-electron chi connectivity index (χ1n) is 6.06. The van der Waals surface area contributed by atoms with Gasteiger partial charge in [0.15, 0.2) is 0 Å². The number of anilines is 3. The molecule has 0 bridgehead atoms. The molecule has 1 aromatic carbocycles. The summed E-state index contributed by atoms with van der Waals surface area (Å²) in [4.78, 5) is 8.32. The molecule has 0 saturated carbocycles. The predicted octanol–water partition coefficient (Wildman–Crippen LogP) is 3.53. The third-order valence-electron chi connectivity index (χ3n) is 2.78. The van der Waals surface area contributed by atoms with Crippen LogP contribution < -0.4 is 16.6 Å². The molecular formula is C13H15BrFN5. The van der Waals surface area contributed by atoms with Crippen molar-refractivity contribution in [2.75, 3.05) is 10.7 Å². The molecule has 7 heteroatoms. The number of nitrogen functional groups attached to an aromatic ring is 1. The van der Waals surface area contributed by atoms with E-state index in [0.29, 0.717) is 16.1 Å². The molecule has 0 atom stereocenters. The normalized spacial score (nSPS) is 10.7. The van der Waals surface area contributed by atoms with Crippen molar-refractivity contribution in [1.82, 2.24) is 9.97 Å². The molecule has 0 aliphatic rings. The first-order valence-corrected chi connectivity index (χ1v) is 6.85. The molecule has 106 valence electrons. The lowest BCUT2D eigenvalue weighted by Gasteiger charge is -2.16. The van der Waals surface area contributed by atoms with Gasteiger partial charge in [-0.1, -0.05) is 13.8 Å². The summed E-state index contributed by atoms with van der Waals surface area (Å²) in [5.74, 6) is 6.54. The third-order valence-corrected chi connectivity index (χ3v) is 3.39. The van der Waals surface area contributed by atoms with Crippen LogP contribution in [0.3, 0.4) is 0 Å². The molecule has 0 saturated heterocycles. The van der Waals surface area contributed by atoms with E-state index in [1.165, 1.54) is 12.4 Å². The molecule has 2 aromatic rings. The molecule has 0 spiro atoms. The van der Waals surface area contributed by atoms with Crippen LogP contribution in [0.25, 0.3) is 0 Å². The van der Waals surface area contributed by atoms with Gasteiger partial charge in [0.1, 0.15) is 23.8 Å². The SMILES string of the molecule is CC(C)c1c(NN)ncnc1Nc1ccc(F)c(Br)c1. The lowest BCUT2D eigenvalue weighted by molar-refractivity contribution is 0.621. The number of aromatic nitrogens is 2. The van der Waals surface area contributed by atoms with Crippen LogP contribution in [0.4, 0.5) is 21.7 Å². The molecule has 2 rings (SSSR count). The molecule has 4 N–H and O–H groups in total. The smallest absolute Gasteiger partial charge is 0.148 e. The van der Waals surface area contributed by atoms with E-state index in [9.17, 15) is 4.39 Å². The van der Waals surface area contributed by atoms with Gasteiger partial charge in [-0.3, -0.25) is 0 Å². The maximum absolute atomic E-state index is 13.2. The molecular weight excluding hydrogens is 325 g/mol. The fourth-order valence-corrected chi connectivity index (χ4v) is 2.25. The zero-order valence-electron chi connectivity index (χ0n) is 11.1. The highest BCUT2D eigenvalue weighted by molar-refractivity contribution is 9.10. The molecule has 20 heavy (non-hydrogen) atoms. The number of nitrogens with one attached hydrogen (secondary N) is 2. The largest absolute Gasteiger partial charge is 0.340 e. The fraction of sp³-hybridized carbons (Fsp3) is 0.231. The second kappa shape index (κ2) is 6.15. The van der Waals surface area contributed by atoms with Crippen molar-refractivity contribution in [3.8, 4) is 0 Å². The molecule has 5 nitrogen and oxygen atoms in total. The Kier molecular flexibility index (Phi) is 4.51. The maximum Gasteiger partial charge on any atom is 0.148 e. The summed E-state index contributed by atoms with van der Waals surface area (Å²) in [7, 11) is 0. The summed E-state index contributed by atoms with van der Waals surface area (Å²) in [6.45, 7) is 4.04. The Morgan fingerprint density at radius 1 is 1.25 bits per heavy atom. The molecule has 0 unspecified atom stereocenters. The van der Waals surface area contributed by atoms with E-state index in [4.69, 9.17) is 5.84 Å². The average molecular weight is 340 g/mol. The van der Waals surface area contributed by atoms with Crippen LogP contribution in [0.2, 0.25) is 0 Å². The Labute approximate surface area is 124 Å². The van der Waals surface area contributed by atoms with Gasteiger partial charge in [0.05, 0.1) is 4.47 Å². The average Bonchev–Trinajstić information content (AvgIpc) is 2.42. The van der Waals surface area contributed by atoms with Crippen molar-refractivity contribution in [1.29, 1.82) is 0 Å². The van der Waals surface area contributed by atoms with Gasteiger partial charge < -0.3 is 10.7 Å². The lowest BCUT2D eigenvalue weighted by atomic mass is 10.0. The minimum Gasteiger partial charge on any atom is -0.340 e. The van der Waals surface area contributed by atoms with Gasteiger partial charge in [-0.15, -0.1) is 0 Å². The van der Waals surface area contributed by atoms with E-state index in [1.807, 2.05) is 13.8 Å². The van der Waals surface area contributed by atoms with Gasteiger partial charge in [0, 0.05) is 11.3 Å². The van der Waals surface area contributed by atoms with Crippen molar-refractivity contribution in [2.45, 2.75) is 19.8 Å². The number of hydrazine groups is 1. The Morgan fingerprint density at radius 2 is 1.95 bits per heavy atom. The molecule has 0 aliphatic carbocycles. The van der Waals surface area contributed by atoms with E-state index in [0.717, 1.165) is 11.3 Å². The maximum atomic E-state index is 13.2. The first kappa shape index (κ1) is 14.7. The van der Waals surface area contributed by atoms with Crippen molar-refractivity contribution < 1.29 is 4.39 Å². The monoisotopic (exact) mass is 339 g/mol. The van der Waals surface area contributed by atoms with Crippen LogP contribution in [0, 0.1) is 5.82 Å². The topological polar surface area (TPSA) is 75.9 Å². The number of rotatable bonds is 4. The second-order valence-corrected chi connectivity index (χ2v) is 5.39. The summed E-state index contributed by atoms with van der Waals surface area (Å²) >= 11 is 3.15. The Bertz CT molecular complexity index is 618. The molecule has 1 aromatic heterocycles. The van der Waals surface area contributed by atoms with Crippen molar-refractivity contribution in [3.63, 3.8) is 0 Å². The number of halogens is 2. The summed E-state index contributed by atoms with van der Waals surface area (Å²) in [5.41, 5.74) is 4.16. The van der Waals surface area contributed by atoms with Gasteiger partial charge in [-0.05, 0) is 40.0 Å². The van der Waals surface area contributed by atoms with Gasteiger partial charge in [-0.25, -0.2) is 20.2 Å². The van der Waals surface area contributed by atoms with Crippen molar-refractivity contribution in [2.24, 2.45) is 5.84 Å². The minimum absolute atomic E-state index is 0.175. The molecule has 0 fully saturated rings. The Balaban J connectivity index is 2.40. The summed E-state index contributed by atoms with van der Waals surface area (Å²) in [6, 6.07) is 4.67. The van der Waals surface area contributed by atoms with Crippen LogP contribution in [0.1, 0.15) is 25.3 Å². The first-order chi connectivity index (χ1) is 9.52.